The number of hydrogen-bond donors (Lipinski definition) is 1. The molecule has 1 amide bonds. The molecule has 0 aliphatic heterocycles. The van der Waals surface area contributed by atoms with Crippen molar-refractivity contribution in [2.75, 3.05) is 18.5 Å². The molecule has 0 radical (unpaired) electrons. The van der Waals surface area contributed by atoms with E-state index in [0.29, 0.717) is 47.9 Å². The van der Waals surface area contributed by atoms with Crippen LogP contribution in [0.15, 0.2) is 59.5 Å². The molecule has 2 heterocycles. The molecule has 0 saturated carbocycles. The molecular weight excluding hydrogens is 425 g/mol. The Balaban J connectivity index is 1.51. The Morgan fingerprint density at radius 2 is 1.82 bits per heavy atom. The highest BCUT2D eigenvalue weighted by Gasteiger charge is 2.13. The summed E-state index contributed by atoms with van der Waals surface area (Å²) in [7, 11) is 0. The second-order valence-corrected chi connectivity index (χ2v) is 7.53. The van der Waals surface area contributed by atoms with Crippen molar-refractivity contribution in [2.24, 2.45) is 0 Å². The predicted molar refractivity (Wildman–Crippen MR) is 126 cm³/mol. The number of aromatic nitrogens is 2. The number of benzene rings is 2. The van der Waals surface area contributed by atoms with Crippen molar-refractivity contribution in [1.82, 2.24) is 8.97 Å². The monoisotopic (exact) mass is 451 g/mol. The van der Waals surface area contributed by atoms with E-state index in [1.54, 1.807) is 47.0 Å². The molecule has 1 N–H and O–H groups in total. The van der Waals surface area contributed by atoms with Crippen molar-refractivity contribution in [3.8, 4) is 11.5 Å². The molecule has 172 valence electrons. The van der Waals surface area contributed by atoms with Gasteiger partial charge in [-0.05, 0) is 62.7 Å². The first-order chi connectivity index (χ1) is 16.0. The molecule has 2 aromatic carbocycles. The van der Waals surface area contributed by atoms with E-state index in [0.717, 1.165) is 5.52 Å². The number of aryl methyl sites for hydroxylation is 1. The fraction of sp³-hybridized carbons (Fsp3) is 0.280. The van der Waals surface area contributed by atoms with Crippen LogP contribution in [0.5, 0.6) is 11.5 Å². The van der Waals surface area contributed by atoms with E-state index in [-0.39, 0.29) is 24.4 Å². The summed E-state index contributed by atoms with van der Waals surface area (Å²) in [5, 5.41) is 2.87. The van der Waals surface area contributed by atoms with Gasteiger partial charge in [-0.3, -0.25) is 9.59 Å². The van der Waals surface area contributed by atoms with Gasteiger partial charge in [-0.15, -0.1) is 0 Å². The summed E-state index contributed by atoms with van der Waals surface area (Å²) in [5.41, 5.74) is 2.04. The quantitative estimate of drug-likeness (QED) is 0.403. The zero-order valence-corrected chi connectivity index (χ0v) is 18.6. The number of rotatable bonds is 9. The number of amides is 1. The first kappa shape index (κ1) is 22.4. The Bertz CT molecular complexity index is 1360. The van der Waals surface area contributed by atoms with Crippen LogP contribution in [0.1, 0.15) is 26.7 Å². The van der Waals surface area contributed by atoms with Crippen LogP contribution in [0.2, 0.25) is 0 Å². The minimum atomic E-state index is -0.419. The van der Waals surface area contributed by atoms with Crippen LogP contribution in [0.4, 0.5) is 10.1 Å². The summed E-state index contributed by atoms with van der Waals surface area (Å²) in [6, 6.07) is 13.2. The molecule has 0 atom stereocenters. The van der Waals surface area contributed by atoms with Crippen LogP contribution in [-0.4, -0.2) is 28.1 Å². The first-order valence-corrected chi connectivity index (χ1v) is 11.0. The minimum Gasteiger partial charge on any atom is -0.494 e. The third-order valence-electron chi connectivity index (χ3n) is 5.32. The maximum atomic E-state index is 13.9. The highest BCUT2D eigenvalue weighted by Crippen LogP contribution is 2.29. The zero-order valence-electron chi connectivity index (χ0n) is 18.6. The van der Waals surface area contributed by atoms with Crippen LogP contribution in [0.3, 0.4) is 0 Å². The molecule has 2 aromatic heterocycles. The molecule has 0 aliphatic rings. The third kappa shape index (κ3) is 4.69. The Morgan fingerprint density at radius 1 is 1.00 bits per heavy atom. The summed E-state index contributed by atoms with van der Waals surface area (Å²) in [6.45, 7) is 5.01. The number of nitrogens with one attached hydrogen (secondary N) is 1. The Labute approximate surface area is 190 Å². The largest absolute Gasteiger partial charge is 0.494 e. The van der Waals surface area contributed by atoms with Crippen molar-refractivity contribution in [3.63, 3.8) is 0 Å². The van der Waals surface area contributed by atoms with E-state index in [4.69, 9.17) is 9.47 Å². The molecule has 0 saturated heterocycles. The number of carbonyl (C=O) groups excluding carboxylic acids is 1. The lowest BCUT2D eigenvalue weighted by molar-refractivity contribution is -0.116. The minimum absolute atomic E-state index is 0.180. The number of anilines is 1. The molecule has 0 aliphatic carbocycles. The number of ether oxygens (including phenoxy) is 2. The Morgan fingerprint density at radius 3 is 2.61 bits per heavy atom. The van der Waals surface area contributed by atoms with E-state index >= 15 is 0 Å². The van der Waals surface area contributed by atoms with E-state index in [2.05, 4.69) is 5.32 Å². The number of hydrogen-bond acceptors (Lipinski definition) is 4. The molecule has 8 heteroatoms. The average Bonchev–Trinajstić information content (AvgIpc) is 3.28. The van der Waals surface area contributed by atoms with Crippen molar-refractivity contribution in [1.29, 1.82) is 0 Å². The molecule has 33 heavy (non-hydrogen) atoms. The van der Waals surface area contributed by atoms with Gasteiger partial charge in [0.05, 0.1) is 29.9 Å². The van der Waals surface area contributed by atoms with Crippen LogP contribution in [0.25, 0.3) is 16.6 Å². The van der Waals surface area contributed by atoms with E-state index < -0.39 is 5.82 Å². The lowest BCUT2D eigenvalue weighted by Crippen LogP contribution is -2.23. The van der Waals surface area contributed by atoms with Gasteiger partial charge in [0.25, 0.3) is 5.56 Å². The zero-order chi connectivity index (χ0) is 23.4. The first-order valence-electron chi connectivity index (χ1n) is 11.0. The third-order valence-corrected chi connectivity index (χ3v) is 5.32. The highest BCUT2D eigenvalue weighted by molar-refractivity contribution is 5.92. The molecule has 0 unspecified atom stereocenters. The Hall–Kier alpha value is -3.81. The number of carbonyl (C=O) groups is 1. The Kier molecular flexibility index (Phi) is 6.63. The summed E-state index contributed by atoms with van der Waals surface area (Å²) in [5.74, 6) is 0.567. The van der Waals surface area contributed by atoms with Crippen LogP contribution in [-0.2, 0) is 11.3 Å². The van der Waals surface area contributed by atoms with E-state index in [9.17, 15) is 14.0 Å². The second kappa shape index (κ2) is 9.77. The maximum absolute atomic E-state index is 13.9. The number of halogens is 1. The fourth-order valence-corrected chi connectivity index (χ4v) is 3.91. The molecule has 0 spiro atoms. The molecule has 4 rings (SSSR count). The molecular formula is C25H26FN3O4. The van der Waals surface area contributed by atoms with Gasteiger partial charge < -0.3 is 23.8 Å². The van der Waals surface area contributed by atoms with Gasteiger partial charge in [0.2, 0.25) is 5.91 Å². The van der Waals surface area contributed by atoms with Gasteiger partial charge in [-0.25, -0.2) is 4.39 Å². The van der Waals surface area contributed by atoms with Crippen molar-refractivity contribution in [2.45, 2.75) is 33.2 Å². The molecule has 7 nitrogen and oxygen atoms in total. The summed E-state index contributed by atoms with van der Waals surface area (Å²) in [4.78, 5) is 25.6. The number of fused-ring (bicyclic) bond motifs is 3. The van der Waals surface area contributed by atoms with Gasteiger partial charge in [-0.2, -0.15) is 0 Å². The SMILES string of the molecule is CCOc1ccc(OCC)c(NC(=O)CCCn2c(=O)c3cccn3c3ccc(F)cc32)c1. The number of nitrogens with zero attached hydrogens (tertiary/aromatic N) is 2. The second-order valence-electron chi connectivity index (χ2n) is 7.53. The van der Waals surface area contributed by atoms with Crippen molar-refractivity contribution in [3.05, 3.63) is 70.9 Å². The van der Waals surface area contributed by atoms with Gasteiger partial charge >= 0.3 is 0 Å². The maximum Gasteiger partial charge on any atom is 0.275 e. The summed E-state index contributed by atoms with van der Waals surface area (Å²) >= 11 is 0. The smallest absolute Gasteiger partial charge is 0.275 e. The predicted octanol–water partition coefficient (Wildman–Crippen LogP) is 4.61. The molecule has 0 fully saturated rings. The average molecular weight is 451 g/mol. The van der Waals surface area contributed by atoms with Crippen LogP contribution >= 0.6 is 0 Å². The summed E-state index contributed by atoms with van der Waals surface area (Å²) in [6.07, 6.45) is 2.37. The lowest BCUT2D eigenvalue weighted by Gasteiger charge is -2.14. The standard InChI is InChI=1S/C25H26FN3O4/c1-3-32-18-10-12-23(33-4-2)19(16-18)27-24(30)8-6-14-29-22-15-17(26)9-11-20(22)28-13-5-7-21(28)25(29)31/h5,7,9-13,15-16H,3-4,6,8,14H2,1-2H3,(H,27,30). The van der Waals surface area contributed by atoms with Crippen molar-refractivity contribution < 1.29 is 18.7 Å². The normalized spacial score (nSPS) is 11.1. The van der Waals surface area contributed by atoms with Gasteiger partial charge in [0.15, 0.2) is 0 Å². The van der Waals surface area contributed by atoms with Crippen LogP contribution in [0, 0.1) is 5.82 Å². The highest BCUT2D eigenvalue weighted by atomic mass is 19.1. The van der Waals surface area contributed by atoms with Crippen LogP contribution < -0.4 is 20.3 Å². The molecule has 0 bridgehead atoms. The van der Waals surface area contributed by atoms with Gasteiger partial charge in [0, 0.05) is 25.2 Å². The topological polar surface area (TPSA) is 74.0 Å². The van der Waals surface area contributed by atoms with Gasteiger partial charge in [-0.1, -0.05) is 0 Å². The summed E-state index contributed by atoms with van der Waals surface area (Å²) < 4.78 is 28.3. The lowest BCUT2D eigenvalue weighted by atomic mass is 10.2. The van der Waals surface area contributed by atoms with Gasteiger partial charge in [0.1, 0.15) is 22.8 Å². The molecule has 4 aromatic rings. The van der Waals surface area contributed by atoms with E-state index in [1.165, 1.54) is 16.7 Å². The van der Waals surface area contributed by atoms with Crippen molar-refractivity contribution >= 4 is 28.1 Å². The van der Waals surface area contributed by atoms with E-state index in [1.807, 2.05) is 13.8 Å². The fourth-order valence-electron chi connectivity index (χ4n) is 3.91.